The van der Waals surface area contributed by atoms with Crippen molar-refractivity contribution >= 4 is 21.9 Å². The highest BCUT2D eigenvalue weighted by Gasteiger charge is 2.18. The van der Waals surface area contributed by atoms with Gasteiger partial charge in [0.2, 0.25) is 0 Å². The molecule has 61 heavy (non-hydrogen) atoms. The van der Waals surface area contributed by atoms with Crippen LogP contribution in [0.25, 0.3) is 112 Å². The molecular formula is C57H37N3O. The molecule has 0 bridgehead atoms. The van der Waals surface area contributed by atoms with Gasteiger partial charge in [-0.3, -0.25) is 0 Å². The van der Waals surface area contributed by atoms with E-state index in [4.69, 9.17) is 19.4 Å². The quantitative estimate of drug-likeness (QED) is 0.154. The van der Waals surface area contributed by atoms with E-state index in [1.807, 2.05) is 30.3 Å². The lowest BCUT2D eigenvalue weighted by atomic mass is 9.95. The van der Waals surface area contributed by atoms with Gasteiger partial charge in [-0.2, -0.15) is 0 Å². The van der Waals surface area contributed by atoms with Crippen molar-refractivity contribution in [2.75, 3.05) is 0 Å². The summed E-state index contributed by atoms with van der Waals surface area (Å²) in [6.45, 7) is 0. The Labute approximate surface area is 354 Å². The van der Waals surface area contributed by atoms with Crippen molar-refractivity contribution in [2.24, 2.45) is 0 Å². The summed E-state index contributed by atoms with van der Waals surface area (Å²) in [6, 6.07) is 78.2. The summed E-state index contributed by atoms with van der Waals surface area (Å²) in [5.74, 6) is 1.75. The zero-order valence-corrected chi connectivity index (χ0v) is 33.1. The number of aromatic nitrogens is 3. The second-order valence-electron chi connectivity index (χ2n) is 15.2. The highest BCUT2D eigenvalue weighted by molar-refractivity contribution is 6.13. The molecule has 9 aromatic carbocycles. The smallest absolute Gasteiger partial charge is 0.164 e. The van der Waals surface area contributed by atoms with E-state index < -0.39 is 0 Å². The molecule has 11 rings (SSSR count). The SMILES string of the molecule is c1ccc(-c2ccc(-c3nc(-c4cc(-c5ccccc5)cc(-c5ccccc5)c4)nc(-c4ccc5c(c4)oc4cccc(-c6ccc(-c7ccccc7)cc6)c45)n3)cc2)cc1. The van der Waals surface area contributed by atoms with E-state index in [9.17, 15) is 0 Å². The van der Waals surface area contributed by atoms with Crippen LogP contribution in [0.2, 0.25) is 0 Å². The Bertz CT molecular complexity index is 3250. The van der Waals surface area contributed by atoms with Crippen molar-refractivity contribution in [3.63, 3.8) is 0 Å². The van der Waals surface area contributed by atoms with Gasteiger partial charge in [0.25, 0.3) is 0 Å². The first-order chi connectivity index (χ1) is 30.2. The van der Waals surface area contributed by atoms with Crippen molar-refractivity contribution in [1.82, 2.24) is 15.0 Å². The van der Waals surface area contributed by atoms with Gasteiger partial charge < -0.3 is 4.42 Å². The van der Waals surface area contributed by atoms with Crippen LogP contribution in [0.4, 0.5) is 0 Å². The number of hydrogen-bond acceptors (Lipinski definition) is 4. The van der Waals surface area contributed by atoms with Crippen LogP contribution in [0.3, 0.4) is 0 Å². The fraction of sp³-hybridized carbons (Fsp3) is 0. The monoisotopic (exact) mass is 779 g/mol. The Morgan fingerprint density at radius 2 is 0.639 bits per heavy atom. The molecule has 4 nitrogen and oxygen atoms in total. The minimum absolute atomic E-state index is 0.567. The van der Waals surface area contributed by atoms with Gasteiger partial charge in [0, 0.05) is 27.5 Å². The molecule has 0 aliphatic carbocycles. The van der Waals surface area contributed by atoms with E-state index in [2.05, 4.69) is 194 Å². The molecule has 2 heterocycles. The van der Waals surface area contributed by atoms with Gasteiger partial charge >= 0.3 is 0 Å². The third-order valence-electron chi connectivity index (χ3n) is 11.3. The molecule has 0 amide bonds. The van der Waals surface area contributed by atoms with Crippen LogP contribution in [0.15, 0.2) is 229 Å². The van der Waals surface area contributed by atoms with E-state index in [0.29, 0.717) is 17.5 Å². The van der Waals surface area contributed by atoms with Crippen molar-refractivity contribution in [3.05, 3.63) is 224 Å². The van der Waals surface area contributed by atoms with Crippen LogP contribution in [-0.4, -0.2) is 15.0 Å². The third-order valence-corrected chi connectivity index (χ3v) is 11.3. The normalized spacial score (nSPS) is 11.3. The van der Waals surface area contributed by atoms with Crippen molar-refractivity contribution in [3.8, 4) is 89.8 Å². The largest absolute Gasteiger partial charge is 0.456 e. The van der Waals surface area contributed by atoms with Crippen molar-refractivity contribution < 1.29 is 4.42 Å². The molecular weight excluding hydrogens is 743 g/mol. The van der Waals surface area contributed by atoms with Crippen LogP contribution in [0.1, 0.15) is 0 Å². The maximum atomic E-state index is 6.61. The molecule has 286 valence electrons. The van der Waals surface area contributed by atoms with Gasteiger partial charge in [0.15, 0.2) is 17.5 Å². The maximum absolute atomic E-state index is 6.61. The van der Waals surface area contributed by atoms with E-state index in [1.165, 1.54) is 11.1 Å². The summed E-state index contributed by atoms with van der Waals surface area (Å²) in [4.78, 5) is 15.6. The second-order valence-corrected chi connectivity index (χ2v) is 15.2. The van der Waals surface area contributed by atoms with Gasteiger partial charge in [0.1, 0.15) is 11.2 Å². The van der Waals surface area contributed by atoms with Gasteiger partial charge in [-0.25, -0.2) is 15.0 Å². The highest BCUT2D eigenvalue weighted by atomic mass is 16.3. The van der Waals surface area contributed by atoms with E-state index in [1.54, 1.807) is 0 Å². The molecule has 0 saturated carbocycles. The van der Waals surface area contributed by atoms with Crippen LogP contribution >= 0.6 is 0 Å². The summed E-state index contributed by atoms with van der Waals surface area (Å²) in [6.07, 6.45) is 0. The molecule has 0 N–H and O–H groups in total. The van der Waals surface area contributed by atoms with Crippen LogP contribution in [0.5, 0.6) is 0 Å². The average molecular weight is 780 g/mol. The number of fused-ring (bicyclic) bond motifs is 3. The van der Waals surface area contributed by atoms with Crippen molar-refractivity contribution in [2.45, 2.75) is 0 Å². The number of hydrogen-bond donors (Lipinski definition) is 0. The number of furan rings is 1. The van der Waals surface area contributed by atoms with Crippen LogP contribution in [0, 0.1) is 0 Å². The first-order valence-electron chi connectivity index (χ1n) is 20.5. The summed E-state index contributed by atoms with van der Waals surface area (Å²) in [5, 5.41) is 2.12. The average Bonchev–Trinajstić information content (AvgIpc) is 3.73. The maximum Gasteiger partial charge on any atom is 0.164 e. The molecule has 11 aromatic rings. The molecule has 0 atom stereocenters. The topological polar surface area (TPSA) is 51.8 Å². The number of benzene rings is 9. The minimum Gasteiger partial charge on any atom is -0.456 e. The Kier molecular flexibility index (Phi) is 9.14. The zero-order chi connectivity index (χ0) is 40.5. The summed E-state index contributed by atoms with van der Waals surface area (Å²) < 4.78 is 6.61. The molecule has 0 spiro atoms. The fourth-order valence-corrected chi connectivity index (χ4v) is 8.24. The Hall–Kier alpha value is -8.21. The van der Waals surface area contributed by atoms with E-state index in [-0.39, 0.29) is 0 Å². The minimum atomic E-state index is 0.567. The summed E-state index contributed by atoms with van der Waals surface area (Å²) in [5.41, 5.74) is 15.6. The van der Waals surface area contributed by atoms with Gasteiger partial charge in [0.05, 0.1) is 0 Å². The van der Waals surface area contributed by atoms with Gasteiger partial charge in [-0.05, 0) is 92.0 Å². The first kappa shape index (κ1) is 35.9. The Morgan fingerprint density at radius 1 is 0.246 bits per heavy atom. The fourth-order valence-electron chi connectivity index (χ4n) is 8.24. The van der Waals surface area contributed by atoms with Gasteiger partial charge in [-0.1, -0.05) is 188 Å². The lowest BCUT2D eigenvalue weighted by molar-refractivity contribution is 0.669. The lowest BCUT2D eigenvalue weighted by Crippen LogP contribution is -2.00. The predicted molar refractivity (Wildman–Crippen MR) is 251 cm³/mol. The molecule has 2 aromatic heterocycles. The molecule has 0 radical (unpaired) electrons. The molecule has 0 saturated heterocycles. The Balaban J connectivity index is 1.05. The molecule has 0 aliphatic heterocycles. The van der Waals surface area contributed by atoms with Crippen molar-refractivity contribution in [1.29, 1.82) is 0 Å². The van der Waals surface area contributed by atoms with Gasteiger partial charge in [-0.15, -0.1) is 0 Å². The first-order valence-corrected chi connectivity index (χ1v) is 20.5. The number of nitrogens with zero attached hydrogens (tertiary/aromatic N) is 3. The molecule has 0 aliphatic rings. The molecule has 0 fully saturated rings. The van der Waals surface area contributed by atoms with E-state index in [0.717, 1.165) is 83.1 Å². The third kappa shape index (κ3) is 7.07. The van der Waals surface area contributed by atoms with Crippen LogP contribution in [-0.2, 0) is 0 Å². The predicted octanol–water partition coefficient (Wildman–Crippen LogP) is 15.1. The molecule has 4 heteroatoms. The zero-order valence-electron chi connectivity index (χ0n) is 33.1. The lowest BCUT2D eigenvalue weighted by Gasteiger charge is -2.13. The van der Waals surface area contributed by atoms with E-state index >= 15 is 0 Å². The van der Waals surface area contributed by atoms with Crippen LogP contribution < -0.4 is 0 Å². The second kappa shape index (κ2) is 15.5. The number of rotatable bonds is 8. The standard InChI is InChI=1S/C57H37N3O/c1-5-14-38(15-6-1)42-24-28-44(29-25-42)50-22-13-23-52-54(50)51-33-32-46(37-53(51)61-52)56-58-55(45-30-26-43(27-31-45)39-16-7-2-8-17-39)59-57(60-56)49-35-47(40-18-9-3-10-19-40)34-48(36-49)41-20-11-4-12-21-41/h1-37H. The summed E-state index contributed by atoms with van der Waals surface area (Å²) in [7, 11) is 0. The summed E-state index contributed by atoms with van der Waals surface area (Å²) >= 11 is 0. The molecule has 0 unspecified atom stereocenters. The highest BCUT2D eigenvalue weighted by Crippen LogP contribution is 2.39. The Morgan fingerprint density at radius 3 is 1.16 bits per heavy atom.